The molecule has 0 fully saturated rings. The van der Waals surface area contributed by atoms with Crippen LogP contribution in [0.3, 0.4) is 0 Å². The number of furan rings is 1. The molecule has 0 aliphatic rings. The third-order valence-corrected chi connectivity index (χ3v) is 2.37. The Hall–Kier alpha value is -1.09. The van der Waals surface area contributed by atoms with Gasteiger partial charge < -0.3 is 4.42 Å². The van der Waals surface area contributed by atoms with E-state index >= 15 is 0 Å². The Morgan fingerprint density at radius 1 is 1.07 bits per heavy atom. The molecule has 0 aromatic carbocycles. The third kappa shape index (κ3) is 2.12. The van der Waals surface area contributed by atoms with Crippen LogP contribution in [0.4, 0.5) is 0 Å². The summed E-state index contributed by atoms with van der Waals surface area (Å²) in [7, 11) is 0. The van der Waals surface area contributed by atoms with E-state index in [1.54, 1.807) is 6.92 Å². The lowest BCUT2D eigenvalue weighted by Gasteiger charge is -1.94. The molecule has 0 bridgehead atoms. The molecule has 0 atom stereocenters. The first-order valence-corrected chi connectivity index (χ1v) is 5.37. The van der Waals surface area contributed by atoms with E-state index in [1.165, 1.54) is 0 Å². The molecule has 2 aromatic heterocycles. The van der Waals surface area contributed by atoms with Crippen LogP contribution in [-0.2, 0) is 0 Å². The van der Waals surface area contributed by atoms with Crippen molar-refractivity contribution in [2.75, 3.05) is 0 Å². The van der Waals surface area contributed by atoms with E-state index in [-0.39, 0.29) is 0 Å². The summed E-state index contributed by atoms with van der Waals surface area (Å²) in [5.74, 6) is 1.48. The highest BCUT2D eigenvalue weighted by molar-refractivity contribution is 6.34. The fourth-order valence-electron chi connectivity index (χ4n) is 1.30. The van der Waals surface area contributed by atoms with Crippen molar-refractivity contribution in [2.24, 2.45) is 0 Å². The maximum Gasteiger partial charge on any atom is 0.231 e. The summed E-state index contributed by atoms with van der Waals surface area (Å²) < 4.78 is 5.42. The van der Waals surface area contributed by atoms with Gasteiger partial charge in [-0.2, -0.15) is 4.98 Å². The topological polar surface area (TPSA) is 38.9 Å². The lowest BCUT2D eigenvalue weighted by Crippen LogP contribution is -1.87. The first kappa shape index (κ1) is 12.0. The van der Waals surface area contributed by atoms with Crippen molar-refractivity contribution in [1.29, 1.82) is 0 Å². The van der Waals surface area contributed by atoms with Crippen LogP contribution in [0.1, 0.15) is 31.0 Å². The predicted octanol–water partition coefficient (Wildman–Crippen LogP) is 3.83. The molecule has 0 N–H and O–H groups in total. The Morgan fingerprint density at radius 2 is 1.67 bits per heavy atom. The van der Waals surface area contributed by atoms with Gasteiger partial charge in [-0.05, 0) is 20.8 Å². The van der Waals surface area contributed by atoms with E-state index in [0.29, 0.717) is 16.7 Å². The van der Waals surface area contributed by atoms with Gasteiger partial charge in [0.25, 0.3) is 0 Å². The number of nitrogens with zero attached hydrogens (tertiary/aromatic N) is 2. The molecule has 2 aromatic rings. The molecule has 0 unspecified atom stereocenters. The van der Waals surface area contributed by atoms with Gasteiger partial charge in [0, 0.05) is 5.56 Å². The molecular weight excluding hydrogens is 212 g/mol. The zero-order chi connectivity index (χ0) is 11.6. The Morgan fingerprint density at radius 3 is 2.27 bits per heavy atom. The fourth-order valence-corrected chi connectivity index (χ4v) is 1.65. The van der Waals surface area contributed by atoms with Crippen molar-refractivity contribution >= 4 is 22.7 Å². The van der Waals surface area contributed by atoms with Crippen molar-refractivity contribution in [3.05, 3.63) is 22.3 Å². The molecule has 0 saturated heterocycles. The molecule has 0 aliphatic carbocycles. The summed E-state index contributed by atoms with van der Waals surface area (Å²) >= 11 is 5.97. The van der Waals surface area contributed by atoms with Gasteiger partial charge in [-0.15, -0.1) is 0 Å². The molecule has 15 heavy (non-hydrogen) atoms. The minimum absolute atomic E-state index is 0.469. The molecule has 0 saturated carbocycles. The summed E-state index contributed by atoms with van der Waals surface area (Å²) in [6.07, 6.45) is 0. The Bertz CT molecular complexity index is 477. The maximum absolute atomic E-state index is 5.97. The summed E-state index contributed by atoms with van der Waals surface area (Å²) in [5, 5.41) is 1.29. The highest BCUT2D eigenvalue weighted by Crippen LogP contribution is 2.28. The number of hydrogen-bond acceptors (Lipinski definition) is 3. The first-order chi connectivity index (χ1) is 7.09. The smallest absolute Gasteiger partial charge is 0.231 e. The van der Waals surface area contributed by atoms with Gasteiger partial charge in [0.15, 0.2) is 0 Å². The van der Waals surface area contributed by atoms with Crippen LogP contribution < -0.4 is 0 Å². The summed E-state index contributed by atoms with van der Waals surface area (Å²) in [6, 6.07) is 0. The second-order valence-corrected chi connectivity index (χ2v) is 3.38. The number of rotatable bonds is 0. The molecule has 2 heterocycles. The van der Waals surface area contributed by atoms with Crippen LogP contribution in [-0.4, -0.2) is 9.97 Å². The molecule has 0 amide bonds. The van der Waals surface area contributed by atoms with Gasteiger partial charge in [-0.3, -0.25) is 0 Å². The van der Waals surface area contributed by atoms with Gasteiger partial charge >= 0.3 is 0 Å². The Kier molecular flexibility index (Phi) is 3.69. The highest BCUT2D eigenvalue weighted by atomic mass is 35.5. The maximum atomic E-state index is 5.97. The predicted molar refractivity (Wildman–Crippen MR) is 62.4 cm³/mol. The molecule has 0 aliphatic heterocycles. The lowest BCUT2D eigenvalue weighted by molar-refractivity contribution is 0.562. The molecular formula is C11H15ClN2O. The van der Waals surface area contributed by atoms with Gasteiger partial charge in [0.2, 0.25) is 5.71 Å². The quantitative estimate of drug-likeness (QED) is 0.641. The third-order valence-electron chi connectivity index (χ3n) is 2.10. The van der Waals surface area contributed by atoms with Gasteiger partial charge in [-0.1, -0.05) is 25.4 Å². The van der Waals surface area contributed by atoms with Crippen molar-refractivity contribution in [2.45, 2.75) is 34.6 Å². The van der Waals surface area contributed by atoms with Crippen molar-refractivity contribution in [3.63, 3.8) is 0 Å². The largest absolute Gasteiger partial charge is 0.443 e. The van der Waals surface area contributed by atoms with Crippen LogP contribution >= 0.6 is 11.6 Å². The number of aryl methyl sites for hydroxylation is 3. The number of fused-ring (bicyclic) bond motifs is 1. The van der Waals surface area contributed by atoms with Gasteiger partial charge in [0.1, 0.15) is 16.7 Å². The van der Waals surface area contributed by atoms with Crippen molar-refractivity contribution < 1.29 is 4.42 Å². The second kappa shape index (κ2) is 4.62. The molecule has 0 spiro atoms. The standard InChI is InChI=1S/C9H9ClN2O.C2H6/c1-4-5(2)13-9-7(4)8(10)11-6(3)12-9;1-2/h1-3H3;1-2H3. The van der Waals surface area contributed by atoms with Crippen LogP contribution in [0.5, 0.6) is 0 Å². The van der Waals surface area contributed by atoms with Crippen LogP contribution in [0.15, 0.2) is 4.42 Å². The molecule has 82 valence electrons. The van der Waals surface area contributed by atoms with Gasteiger partial charge in [0.05, 0.1) is 5.39 Å². The number of halogens is 1. The van der Waals surface area contributed by atoms with Crippen LogP contribution in [0.2, 0.25) is 5.15 Å². The Labute approximate surface area is 94.5 Å². The monoisotopic (exact) mass is 226 g/mol. The zero-order valence-electron chi connectivity index (χ0n) is 9.68. The minimum Gasteiger partial charge on any atom is -0.443 e. The van der Waals surface area contributed by atoms with E-state index in [1.807, 2.05) is 27.7 Å². The van der Waals surface area contributed by atoms with Crippen molar-refractivity contribution in [3.8, 4) is 0 Å². The number of aromatic nitrogens is 2. The molecule has 0 radical (unpaired) electrons. The summed E-state index contributed by atoms with van der Waals surface area (Å²) in [5.41, 5.74) is 1.59. The average Bonchev–Trinajstić information content (AvgIpc) is 2.45. The van der Waals surface area contributed by atoms with Crippen LogP contribution in [0, 0.1) is 20.8 Å². The normalized spacial score (nSPS) is 10.0. The van der Waals surface area contributed by atoms with E-state index in [0.717, 1.165) is 16.7 Å². The lowest BCUT2D eigenvalue weighted by atomic mass is 10.2. The molecule has 3 nitrogen and oxygen atoms in total. The summed E-state index contributed by atoms with van der Waals surface area (Å²) in [4.78, 5) is 8.23. The zero-order valence-corrected chi connectivity index (χ0v) is 10.4. The fraction of sp³-hybridized carbons (Fsp3) is 0.455. The summed E-state index contributed by atoms with van der Waals surface area (Å²) in [6.45, 7) is 9.63. The molecule has 2 rings (SSSR count). The molecule has 4 heteroatoms. The Balaban J connectivity index is 0.000000531. The van der Waals surface area contributed by atoms with Crippen molar-refractivity contribution in [1.82, 2.24) is 9.97 Å². The van der Waals surface area contributed by atoms with Crippen LogP contribution in [0.25, 0.3) is 11.1 Å². The van der Waals surface area contributed by atoms with E-state index in [2.05, 4.69) is 9.97 Å². The second-order valence-electron chi connectivity index (χ2n) is 3.03. The van der Waals surface area contributed by atoms with E-state index in [4.69, 9.17) is 16.0 Å². The number of hydrogen-bond donors (Lipinski definition) is 0. The first-order valence-electron chi connectivity index (χ1n) is 4.99. The SMILES string of the molecule is CC.Cc1nc(Cl)c2c(C)c(C)oc2n1. The minimum atomic E-state index is 0.469. The highest BCUT2D eigenvalue weighted by Gasteiger charge is 2.12. The van der Waals surface area contributed by atoms with Gasteiger partial charge in [-0.25, -0.2) is 4.98 Å². The average molecular weight is 227 g/mol. The van der Waals surface area contributed by atoms with E-state index in [9.17, 15) is 0 Å². The van der Waals surface area contributed by atoms with E-state index < -0.39 is 0 Å².